The largest absolute Gasteiger partial charge is 0.507 e. The molecule has 0 unspecified atom stereocenters. The molecular formula is C14H13BrN2O2. The maximum absolute atomic E-state index is 9.67. The number of nitrogens with one attached hydrogen (secondary N) is 1. The molecule has 5 heteroatoms. The molecule has 2 N–H and O–H groups in total. The lowest BCUT2D eigenvalue weighted by Gasteiger charge is -2.06. The van der Waals surface area contributed by atoms with E-state index in [1.54, 1.807) is 31.5 Å². The fraction of sp³-hybridized carbons (Fsp3) is 0.0714. The summed E-state index contributed by atoms with van der Waals surface area (Å²) in [4.78, 5) is 0. The number of para-hydroxylation sites is 2. The lowest BCUT2D eigenvalue weighted by Crippen LogP contribution is -1.94. The van der Waals surface area contributed by atoms with Crippen LogP contribution < -0.4 is 10.2 Å². The van der Waals surface area contributed by atoms with Gasteiger partial charge in [0.05, 0.1) is 19.0 Å². The molecule has 19 heavy (non-hydrogen) atoms. The summed E-state index contributed by atoms with van der Waals surface area (Å²) in [7, 11) is 1.60. The number of aromatic hydroxyl groups is 1. The third-order valence-corrected chi connectivity index (χ3v) is 2.98. The Morgan fingerprint density at radius 2 is 2.05 bits per heavy atom. The van der Waals surface area contributed by atoms with Gasteiger partial charge >= 0.3 is 0 Å². The van der Waals surface area contributed by atoms with Gasteiger partial charge in [-0.25, -0.2) is 0 Å². The summed E-state index contributed by atoms with van der Waals surface area (Å²) in [5.41, 5.74) is 4.26. The topological polar surface area (TPSA) is 53.8 Å². The summed E-state index contributed by atoms with van der Waals surface area (Å²) in [5.74, 6) is 0.881. The highest BCUT2D eigenvalue weighted by Crippen LogP contribution is 2.23. The molecule has 4 nitrogen and oxygen atoms in total. The number of ether oxygens (including phenoxy) is 1. The highest BCUT2D eigenvalue weighted by molar-refractivity contribution is 9.10. The number of rotatable bonds is 4. The minimum Gasteiger partial charge on any atom is -0.507 e. The molecule has 98 valence electrons. The van der Waals surface area contributed by atoms with Crippen LogP contribution in [0.1, 0.15) is 5.56 Å². The first-order valence-corrected chi connectivity index (χ1v) is 6.40. The van der Waals surface area contributed by atoms with Crippen LogP contribution in [0.5, 0.6) is 11.5 Å². The van der Waals surface area contributed by atoms with Crippen LogP contribution >= 0.6 is 15.9 Å². The van der Waals surface area contributed by atoms with E-state index in [1.165, 1.54) is 0 Å². The van der Waals surface area contributed by atoms with Crippen LogP contribution in [0.3, 0.4) is 0 Å². The SMILES string of the molecule is COc1ccccc1N/N=C/c1cc(Br)ccc1O. The van der Waals surface area contributed by atoms with E-state index in [0.29, 0.717) is 11.3 Å². The molecule has 0 atom stereocenters. The highest BCUT2D eigenvalue weighted by atomic mass is 79.9. The molecule has 0 saturated heterocycles. The summed E-state index contributed by atoms with van der Waals surface area (Å²) < 4.78 is 6.08. The molecule has 2 aromatic rings. The van der Waals surface area contributed by atoms with Crippen molar-refractivity contribution in [2.24, 2.45) is 5.10 Å². The number of phenols is 1. The Balaban J connectivity index is 2.13. The zero-order valence-corrected chi connectivity index (χ0v) is 11.9. The number of halogens is 1. The molecule has 0 aromatic heterocycles. The predicted molar refractivity (Wildman–Crippen MR) is 80.0 cm³/mol. The Bertz CT molecular complexity index is 600. The Hall–Kier alpha value is -2.01. The van der Waals surface area contributed by atoms with E-state index < -0.39 is 0 Å². The second kappa shape index (κ2) is 6.24. The van der Waals surface area contributed by atoms with Crippen LogP contribution in [0.15, 0.2) is 52.0 Å². The van der Waals surface area contributed by atoms with E-state index in [-0.39, 0.29) is 5.75 Å². The van der Waals surface area contributed by atoms with Crippen molar-refractivity contribution < 1.29 is 9.84 Å². The summed E-state index contributed by atoms with van der Waals surface area (Å²) in [6.07, 6.45) is 1.55. The van der Waals surface area contributed by atoms with Crippen molar-refractivity contribution in [3.05, 3.63) is 52.5 Å². The van der Waals surface area contributed by atoms with Gasteiger partial charge in [-0.1, -0.05) is 28.1 Å². The maximum atomic E-state index is 9.67. The number of phenolic OH excluding ortho intramolecular Hbond substituents is 1. The molecule has 2 rings (SSSR count). The average molecular weight is 321 g/mol. The van der Waals surface area contributed by atoms with Gasteiger partial charge in [-0.15, -0.1) is 0 Å². The molecular weight excluding hydrogens is 308 g/mol. The van der Waals surface area contributed by atoms with E-state index in [0.717, 1.165) is 10.2 Å². The van der Waals surface area contributed by atoms with Crippen LogP contribution in [0.4, 0.5) is 5.69 Å². The first-order chi connectivity index (χ1) is 9.20. The fourth-order valence-electron chi connectivity index (χ4n) is 1.54. The van der Waals surface area contributed by atoms with Gasteiger partial charge in [0.2, 0.25) is 0 Å². The number of nitrogens with zero attached hydrogens (tertiary/aromatic N) is 1. The van der Waals surface area contributed by atoms with Crippen LogP contribution in [0.25, 0.3) is 0 Å². The summed E-state index contributed by atoms with van der Waals surface area (Å²) in [5, 5.41) is 13.8. The number of anilines is 1. The maximum Gasteiger partial charge on any atom is 0.143 e. The smallest absolute Gasteiger partial charge is 0.143 e. The normalized spacial score (nSPS) is 10.6. The van der Waals surface area contributed by atoms with Crippen molar-refractivity contribution in [2.75, 3.05) is 12.5 Å². The highest BCUT2D eigenvalue weighted by Gasteiger charge is 2.00. The van der Waals surface area contributed by atoms with Crippen LogP contribution in [0, 0.1) is 0 Å². The van der Waals surface area contributed by atoms with Crippen molar-refractivity contribution in [1.82, 2.24) is 0 Å². The van der Waals surface area contributed by atoms with E-state index >= 15 is 0 Å². The number of hydrogen-bond donors (Lipinski definition) is 2. The zero-order chi connectivity index (χ0) is 13.7. The second-order valence-corrected chi connectivity index (χ2v) is 4.69. The van der Waals surface area contributed by atoms with Gasteiger partial charge in [0, 0.05) is 10.0 Å². The van der Waals surface area contributed by atoms with Crippen molar-refractivity contribution in [3.63, 3.8) is 0 Å². The molecule has 0 aliphatic carbocycles. The molecule has 0 aliphatic rings. The molecule has 0 heterocycles. The van der Waals surface area contributed by atoms with E-state index in [9.17, 15) is 5.11 Å². The Kier molecular flexibility index (Phi) is 4.41. The van der Waals surface area contributed by atoms with E-state index in [1.807, 2.05) is 24.3 Å². The van der Waals surface area contributed by atoms with E-state index in [2.05, 4.69) is 26.5 Å². The van der Waals surface area contributed by atoms with Gasteiger partial charge in [0.25, 0.3) is 0 Å². The minimum absolute atomic E-state index is 0.175. The molecule has 2 aromatic carbocycles. The van der Waals surface area contributed by atoms with Crippen molar-refractivity contribution in [3.8, 4) is 11.5 Å². The second-order valence-electron chi connectivity index (χ2n) is 3.77. The first-order valence-electron chi connectivity index (χ1n) is 5.61. The first kappa shape index (κ1) is 13.4. The van der Waals surface area contributed by atoms with Gasteiger partial charge < -0.3 is 9.84 Å². The minimum atomic E-state index is 0.175. The summed E-state index contributed by atoms with van der Waals surface area (Å²) in [6, 6.07) is 12.6. The van der Waals surface area contributed by atoms with Gasteiger partial charge in [-0.2, -0.15) is 5.10 Å². The Labute approximate surface area is 119 Å². The summed E-state index contributed by atoms with van der Waals surface area (Å²) >= 11 is 3.34. The number of methoxy groups -OCH3 is 1. The number of benzene rings is 2. The van der Waals surface area contributed by atoms with Crippen molar-refractivity contribution >= 4 is 27.8 Å². The monoisotopic (exact) mass is 320 g/mol. The average Bonchev–Trinajstić information content (AvgIpc) is 2.43. The van der Waals surface area contributed by atoms with Gasteiger partial charge in [-0.05, 0) is 30.3 Å². The van der Waals surface area contributed by atoms with Crippen LogP contribution in [-0.2, 0) is 0 Å². The lowest BCUT2D eigenvalue weighted by molar-refractivity contribution is 0.416. The molecule has 0 amide bonds. The lowest BCUT2D eigenvalue weighted by atomic mass is 10.2. The zero-order valence-electron chi connectivity index (χ0n) is 10.3. The molecule has 0 bridgehead atoms. The molecule has 0 fully saturated rings. The van der Waals surface area contributed by atoms with Gasteiger partial charge in [0.15, 0.2) is 0 Å². The van der Waals surface area contributed by atoms with E-state index in [4.69, 9.17) is 4.74 Å². The van der Waals surface area contributed by atoms with Gasteiger partial charge in [-0.3, -0.25) is 5.43 Å². The molecule has 0 spiro atoms. The standard InChI is InChI=1S/C14H13BrN2O2/c1-19-14-5-3-2-4-12(14)17-16-9-10-8-11(15)6-7-13(10)18/h2-9,17-18H,1H3/b16-9+. The summed E-state index contributed by atoms with van der Waals surface area (Å²) in [6.45, 7) is 0. The quantitative estimate of drug-likeness (QED) is 0.668. The third kappa shape index (κ3) is 3.48. The fourth-order valence-corrected chi connectivity index (χ4v) is 1.92. The third-order valence-electron chi connectivity index (χ3n) is 2.49. The predicted octanol–water partition coefficient (Wildman–Crippen LogP) is 3.61. The molecule has 0 radical (unpaired) electrons. The Morgan fingerprint density at radius 1 is 1.26 bits per heavy atom. The van der Waals surface area contributed by atoms with Crippen LogP contribution in [0.2, 0.25) is 0 Å². The molecule has 0 aliphatic heterocycles. The van der Waals surface area contributed by atoms with Crippen LogP contribution in [-0.4, -0.2) is 18.4 Å². The Morgan fingerprint density at radius 3 is 2.84 bits per heavy atom. The van der Waals surface area contributed by atoms with Crippen molar-refractivity contribution in [1.29, 1.82) is 0 Å². The number of hydrazone groups is 1. The molecule has 0 saturated carbocycles. The number of hydrogen-bond acceptors (Lipinski definition) is 4. The van der Waals surface area contributed by atoms with Crippen molar-refractivity contribution in [2.45, 2.75) is 0 Å². The van der Waals surface area contributed by atoms with Gasteiger partial charge in [0.1, 0.15) is 11.5 Å².